The number of aromatic nitrogens is 1. The molecule has 20 heavy (non-hydrogen) atoms. The van der Waals surface area contributed by atoms with Crippen LogP contribution in [0.2, 0.25) is 0 Å². The summed E-state index contributed by atoms with van der Waals surface area (Å²) >= 11 is 6.35. The van der Waals surface area contributed by atoms with Crippen molar-refractivity contribution in [2.75, 3.05) is 10.6 Å². The molecule has 0 aliphatic rings. The predicted molar refractivity (Wildman–Crippen MR) is 84.0 cm³/mol. The van der Waals surface area contributed by atoms with Gasteiger partial charge in [-0.05, 0) is 30.4 Å². The molecule has 0 fully saturated rings. The van der Waals surface area contributed by atoms with Crippen molar-refractivity contribution in [1.29, 1.82) is 0 Å². The number of nitrogens with zero attached hydrogens (tertiary/aromatic N) is 1. The summed E-state index contributed by atoms with van der Waals surface area (Å²) < 4.78 is 0.907. The smallest absolute Gasteiger partial charge is 0.222 e. The monoisotopic (exact) mass is 308 g/mol. The standard InChI is InChI=1S/C12H12N4O2S2/c1-6(17)13-8-3-4-9-10(5-8)20-12(15-9)16-11(19)14-7(2)18/h3-5H,1-2H3,(H,13,17)(H2,14,15,16,18,19). The van der Waals surface area contributed by atoms with Gasteiger partial charge in [0.15, 0.2) is 10.2 Å². The Bertz CT molecular complexity index is 696. The maximum Gasteiger partial charge on any atom is 0.222 e. The normalized spacial score (nSPS) is 10.1. The fourth-order valence-corrected chi connectivity index (χ4v) is 2.76. The zero-order chi connectivity index (χ0) is 14.7. The van der Waals surface area contributed by atoms with E-state index in [2.05, 4.69) is 20.9 Å². The number of hydrogen-bond acceptors (Lipinski definition) is 5. The zero-order valence-electron chi connectivity index (χ0n) is 10.8. The summed E-state index contributed by atoms with van der Waals surface area (Å²) in [4.78, 5) is 26.2. The van der Waals surface area contributed by atoms with Crippen LogP contribution in [0.25, 0.3) is 10.2 Å². The molecule has 2 aromatic rings. The van der Waals surface area contributed by atoms with E-state index in [1.807, 2.05) is 12.1 Å². The highest BCUT2D eigenvalue weighted by Crippen LogP contribution is 2.28. The number of rotatable bonds is 2. The highest BCUT2D eigenvalue weighted by Gasteiger charge is 2.07. The Hall–Kier alpha value is -2.06. The summed E-state index contributed by atoms with van der Waals surface area (Å²) in [6.07, 6.45) is 0. The Kier molecular flexibility index (Phi) is 4.26. The Morgan fingerprint density at radius 2 is 1.95 bits per heavy atom. The van der Waals surface area contributed by atoms with E-state index < -0.39 is 0 Å². The van der Waals surface area contributed by atoms with E-state index in [1.165, 1.54) is 25.2 Å². The first-order valence-electron chi connectivity index (χ1n) is 5.71. The van der Waals surface area contributed by atoms with Crippen LogP contribution in [0.5, 0.6) is 0 Å². The van der Waals surface area contributed by atoms with Crippen LogP contribution < -0.4 is 16.0 Å². The SMILES string of the molecule is CC(=O)NC(=S)Nc1nc2ccc(NC(C)=O)cc2s1. The molecule has 1 aromatic heterocycles. The molecule has 0 unspecified atom stereocenters. The molecule has 0 aliphatic heterocycles. The van der Waals surface area contributed by atoms with Gasteiger partial charge in [0.1, 0.15) is 0 Å². The minimum Gasteiger partial charge on any atom is -0.326 e. The van der Waals surface area contributed by atoms with Crippen molar-refractivity contribution in [3.63, 3.8) is 0 Å². The maximum absolute atomic E-state index is 11.0. The van der Waals surface area contributed by atoms with E-state index in [4.69, 9.17) is 12.2 Å². The molecule has 1 aromatic carbocycles. The lowest BCUT2D eigenvalue weighted by atomic mass is 10.3. The first-order chi connectivity index (χ1) is 9.44. The van der Waals surface area contributed by atoms with Gasteiger partial charge in [-0.15, -0.1) is 0 Å². The largest absolute Gasteiger partial charge is 0.326 e. The van der Waals surface area contributed by atoms with Crippen molar-refractivity contribution < 1.29 is 9.59 Å². The Morgan fingerprint density at radius 1 is 1.20 bits per heavy atom. The van der Waals surface area contributed by atoms with Gasteiger partial charge in [0.25, 0.3) is 0 Å². The molecule has 8 heteroatoms. The Balaban J connectivity index is 2.18. The number of fused-ring (bicyclic) bond motifs is 1. The summed E-state index contributed by atoms with van der Waals surface area (Å²) in [7, 11) is 0. The van der Waals surface area contributed by atoms with Gasteiger partial charge in [-0.25, -0.2) is 4.98 Å². The number of nitrogens with one attached hydrogen (secondary N) is 3. The van der Waals surface area contributed by atoms with Gasteiger partial charge in [0, 0.05) is 19.5 Å². The van der Waals surface area contributed by atoms with Crippen LogP contribution in [0.3, 0.4) is 0 Å². The average Bonchev–Trinajstić information content (AvgIpc) is 2.67. The van der Waals surface area contributed by atoms with Crippen molar-refractivity contribution in [2.45, 2.75) is 13.8 Å². The molecule has 0 spiro atoms. The zero-order valence-corrected chi connectivity index (χ0v) is 12.4. The predicted octanol–water partition coefficient (Wildman–Crippen LogP) is 2.09. The van der Waals surface area contributed by atoms with Crippen molar-refractivity contribution in [2.24, 2.45) is 0 Å². The fourth-order valence-electron chi connectivity index (χ4n) is 1.55. The summed E-state index contributed by atoms with van der Waals surface area (Å²) in [5.74, 6) is -0.365. The molecule has 0 saturated heterocycles. The molecule has 6 nitrogen and oxygen atoms in total. The molecule has 0 saturated carbocycles. The third-order valence-corrected chi connectivity index (χ3v) is 3.36. The number of anilines is 2. The molecule has 0 radical (unpaired) electrons. The van der Waals surface area contributed by atoms with Gasteiger partial charge < -0.3 is 16.0 Å². The lowest BCUT2D eigenvalue weighted by molar-refractivity contribution is -0.117. The van der Waals surface area contributed by atoms with Gasteiger partial charge in [0.05, 0.1) is 10.2 Å². The van der Waals surface area contributed by atoms with Crippen LogP contribution in [0, 0.1) is 0 Å². The van der Waals surface area contributed by atoms with Gasteiger partial charge in [0.2, 0.25) is 11.8 Å². The van der Waals surface area contributed by atoms with Crippen molar-refractivity contribution in [3.8, 4) is 0 Å². The van der Waals surface area contributed by atoms with Gasteiger partial charge in [-0.3, -0.25) is 9.59 Å². The Morgan fingerprint density at radius 3 is 2.60 bits per heavy atom. The van der Waals surface area contributed by atoms with Crippen LogP contribution in [-0.2, 0) is 9.59 Å². The van der Waals surface area contributed by atoms with Gasteiger partial charge >= 0.3 is 0 Å². The number of carbonyl (C=O) groups is 2. The molecule has 0 aliphatic carbocycles. The third-order valence-electron chi connectivity index (χ3n) is 2.22. The Labute approximate surface area is 124 Å². The second kappa shape index (κ2) is 5.93. The molecule has 1 heterocycles. The number of amides is 2. The number of carbonyl (C=O) groups excluding carboxylic acids is 2. The summed E-state index contributed by atoms with van der Waals surface area (Å²) in [5.41, 5.74) is 1.50. The number of hydrogen-bond donors (Lipinski definition) is 3. The molecular weight excluding hydrogens is 296 g/mol. The van der Waals surface area contributed by atoms with Crippen LogP contribution in [-0.4, -0.2) is 21.9 Å². The molecule has 3 N–H and O–H groups in total. The number of thiocarbonyl (C=S) groups is 1. The third kappa shape index (κ3) is 3.72. The minimum atomic E-state index is -0.239. The van der Waals surface area contributed by atoms with E-state index in [1.54, 1.807) is 6.07 Å². The van der Waals surface area contributed by atoms with Gasteiger partial charge in [-0.2, -0.15) is 0 Å². The average molecular weight is 308 g/mol. The fraction of sp³-hybridized carbons (Fsp3) is 0.167. The summed E-state index contributed by atoms with van der Waals surface area (Å²) in [6.45, 7) is 2.84. The van der Waals surface area contributed by atoms with Crippen LogP contribution in [0.15, 0.2) is 18.2 Å². The lowest BCUT2D eigenvalue weighted by Gasteiger charge is -2.03. The van der Waals surface area contributed by atoms with Crippen molar-refractivity contribution in [3.05, 3.63) is 18.2 Å². The minimum absolute atomic E-state index is 0.126. The topological polar surface area (TPSA) is 83.1 Å². The molecule has 0 bridgehead atoms. The van der Waals surface area contributed by atoms with Gasteiger partial charge in [-0.1, -0.05) is 11.3 Å². The number of benzene rings is 1. The van der Waals surface area contributed by atoms with E-state index in [0.717, 1.165) is 10.2 Å². The summed E-state index contributed by atoms with van der Waals surface area (Å²) in [6, 6.07) is 5.42. The summed E-state index contributed by atoms with van der Waals surface area (Å²) in [5, 5.41) is 8.81. The van der Waals surface area contributed by atoms with Crippen molar-refractivity contribution >= 4 is 61.5 Å². The van der Waals surface area contributed by atoms with E-state index in [-0.39, 0.29) is 16.9 Å². The maximum atomic E-state index is 11.0. The quantitative estimate of drug-likeness (QED) is 0.740. The lowest BCUT2D eigenvalue weighted by Crippen LogP contribution is -2.32. The van der Waals surface area contributed by atoms with Crippen LogP contribution in [0.4, 0.5) is 10.8 Å². The molecule has 2 amide bonds. The highest BCUT2D eigenvalue weighted by molar-refractivity contribution is 7.80. The number of thiazole rings is 1. The highest BCUT2D eigenvalue weighted by atomic mass is 32.1. The molecular formula is C12H12N4O2S2. The second-order valence-electron chi connectivity index (χ2n) is 4.02. The van der Waals surface area contributed by atoms with E-state index >= 15 is 0 Å². The van der Waals surface area contributed by atoms with Crippen LogP contribution in [0.1, 0.15) is 13.8 Å². The van der Waals surface area contributed by atoms with E-state index in [9.17, 15) is 9.59 Å². The molecule has 0 atom stereocenters. The molecule has 104 valence electrons. The first kappa shape index (κ1) is 14.4. The van der Waals surface area contributed by atoms with Crippen LogP contribution >= 0.6 is 23.6 Å². The first-order valence-corrected chi connectivity index (χ1v) is 6.93. The second-order valence-corrected chi connectivity index (χ2v) is 5.46. The van der Waals surface area contributed by atoms with Crippen molar-refractivity contribution in [1.82, 2.24) is 10.3 Å². The van der Waals surface area contributed by atoms with E-state index in [0.29, 0.717) is 10.8 Å². The molecule has 2 rings (SSSR count).